The molecule has 0 atom stereocenters. The van der Waals surface area contributed by atoms with Gasteiger partial charge in [-0.3, -0.25) is 4.79 Å². The van der Waals surface area contributed by atoms with Crippen LogP contribution in [0.4, 0.5) is 18.3 Å². The molecule has 1 heterocycles. The average Bonchev–Trinajstić information content (AvgIpc) is 3.24. The Bertz CT molecular complexity index is 934. The first kappa shape index (κ1) is 19.2. The molecule has 3 N–H and O–H groups in total. The third kappa shape index (κ3) is 4.77. The number of carbonyl (C=O) groups excluding carboxylic acids is 1. The number of aromatic nitrogens is 1. The predicted octanol–water partition coefficient (Wildman–Crippen LogP) is 4.85. The minimum Gasteiger partial charge on any atom is -0.365 e. The summed E-state index contributed by atoms with van der Waals surface area (Å²) in [6, 6.07) is 8.42. The van der Waals surface area contributed by atoms with Gasteiger partial charge in [0, 0.05) is 6.04 Å². The van der Waals surface area contributed by atoms with Gasteiger partial charge in [0.2, 0.25) is 0 Å². The lowest BCUT2D eigenvalue weighted by Gasteiger charge is -2.09. The molecule has 4 rings (SSSR count). The SMILES string of the molecule is Fc1ccc2nc(NC3CCCC3)sc2c1.NC(=O)c1c(F)cccc1F. The lowest BCUT2D eigenvalue weighted by molar-refractivity contribution is 0.0992. The second-order valence-electron chi connectivity index (χ2n) is 6.22. The van der Waals surface area contributed by atoms with Crippen LogP contribution in [0.2, 0.25) is 0 Å². The van der Waals surface area contributed by atoms with Crippen LogP contribution in [0.25, 0.3) is 10.2 Å². The first-order valence-corrected chi connectivity index (χ1v) is 9.32. The zero-order valence-electron chi connectivity index (χ0n) is 14.3. The van der Waals surface area contributed by atoms with Gasteiger partial charge in [-0.05, 0) is 43.2 Å². The van der Waals surface area contributed by atoms with Crippen molar-refractivity contribution in [1.82, 2.24) is 4.98 Å². The van der Waals surface area contributed by atoms with E-state index in [0.29, 0.717) is 6.04 Å². The van der Waals surface area contributed by atoms with Gasteiger partial charge in [0.25, 0.3) is 5.91 Å². The number of fused-ring (bicyclic) bond motifs is 1. The summed E-state index contributed by atoms with van der Waals surface area (Å²) < 4.78 is 39.0. The van der Waals surface area contributed by atoms with Crippen molar-refractivity contribution in [2.45, 2.75) is 31.7 Å². The van der Waals surface area contributed by atoms with Crippen molar-refractivity contribution in [3.8, 4) is 0 Å². The van der Waals surface area contributed by atoms with E-state index in [0.717, 1.165) is 33.5 Å². The third-order valence-corrected chi connectivity index (χ3v) is 5.19. The Labute approximate surface area is 158 Å². The van der Waals surface area contributed by atoms with Gasteiger partial charge in [-0.25, -0.2) is 18.2 Å². The monoisotopic (exact) mass is 393 g/mol. The van der Waals surface area contributed by atoms with Gasteiger partial charge in [-0.1, -0.05) is 30.2 Å². The summed E-state index contributed by atoms with van der Waals surface area (Å²) >= 11 is 1.54. The first-order valence-electron chi connectivity index (χ1n) is 8.50. The summed E-state index contributed by atoms with van der Waals surface area (Å²) in [6.07, 6.45) is 5.06. The molecule has 0 spiro atoms. The van der Waals surface area contributed by atoms with E-state index in [1.165, 1.54) is 43.1 Å². The molecular formula is C19H18F3N3OS. The average molecular weight is 393 g/mol. The Hall–Kier alpha value is -2.61. The number of anilines is 1. The Morgan fingerprint density at radius 2 is 1.78 bits per heavy atom. The van der Waals surface area contributed by atoms with Crippen molar-refractivity contribution in [2.75, 3.05) is 5.32 Å². The Morgan fingerprint density at radius 3 is 2.37 bits per heavy atom. The summed E-state index contributed by atoms with van der Waals surface area (Å²) in [5.41, 5.74) is 4.89. The lowest BCUT2D eigenvalue weighted by atomic mass is 10.2. The molecule has 1 aliphatic carbocycles. The van der Waals surface area contributed by atoms with Crippen LogP contribution in [-0.2, 0) is 0 Å². The van der Waals surface area contributed by atoms with Crippen LogP contribution < -0.4 is 11.1 Å². The molecule has 3 aromatic rings. The smallest absolute Gasteiger partial charge is 0.254 e. The van der Waals surface area contributed by atoms with Crippen LogP contribution in [-0.4, -0.2) is 16.9 Å². The molecule has 27 heavy (non-hydrogen) atoms. The van der Waals surface area contributed by atoms with Crippen LogP contribution in [0.3, 0.4) is 0 Å². The zero-order chi connectivity index (χ0) is 19.4. The van der Waals surface area contributed by atoms with Gasteiger partial charge in [0.05, 0.1) is 10.2 Å². The van der Waals surface area contributed by atoms with E-state index in [2.05, 4.69) is 10.3 Å². The number of nitrogens with one attached hydrogen (secondary N) is 1. The molecule has 8 heteroatoms. The molecule has 0 aliphatic heterocycles. The van der Waals surface area contributed by atoms with Crippen molar-refractivity contribution in [3.05, 3.63) is 59.4 Å². The molecule has 0 radical (unpaired) electrons. The number of nitrogens with zero attached hydrogens (tertiary/aromatic N) is 1. The van der Waals surface area contributed by atoms with Crippen molar-refractivity contribution in [1.29, 1.82) is 0 Å². The van der Waals surface area contributed by atoms with Crippen LogP contribution in [0.5, 0.6) is 0 Å². The van der Waals surface area contributed by atoms with Crippen molar-refractivity contribution in [3.63, 3.8) is 0 Å². The topological polar surface area (TPSA) is 68.0 Å². The molecule has 0 bridgehead atoms. The number of amides is 1. The summed E-state index contributed by atoms with van der Waals surface area (Å²) in [6.45, 7) is 0. The zero-order valence-corrected chi connectivity index (χ0v) is 15.2. The summed E-state index contributed by atoms with van der Waals surface area (Å²) in [5.74, 6) is -3.15. The van der Waals surface area contributed by atoms with Gasteiger partial charge >= 0.3 is 0 Å². The van der Waals surface area contributed by atoms with Crippen LogP contribution >= 0.6 is 11.3 Å². The summed E-state index contributed by atoms with van der Waals surface area (Å²) in [7, 11) is 0. The molecule has 1 aliphatic rings. The number of halogens is 3. The second kappa shape index (κ2) is 8.39. The van der Waals surface area contributed by atoms with E-state index >= 15 is 0 Å². The second-order valence-corrected chi connectivity index (χ2v) is 7.25. The maximum Gasteiger partial charge on any atom is 0.254 e. The Kier molecular flexibility index (Phi) is 5.95. The van der Waals surface area contributed by atoms with Gasteiger partial charge in [0.1, 0.15) is 23.0 Å². The van der Waals surface area contributed by atoms with Crippen molar-refractivity contribution in [2.24, 2.45) is 5.73 Å². The number of thiazole rings is 1. The van der Waals surface area contributed by atoms with Gasteiger partial charge < -0.3 is 11.1 Å². The highest BCUT2D eigenvalue weighted by molar-refractivity contribution is 7.22. The normalized spacial score (nSPS) is 14.0. The summed E-state index contributed by atoms with van der Waals surface area (Å²) in [4.78, 5) is 14.8. The van der Waals surface area contributed by atoms with E-state index < -0.39 is 23.1 Å². The fourth-order valence-corrected chi connectivity index (χ4v) is 3.91. The molecule has 1 aromatic heterocycles. The fourth-order valence-electron chi connectivity index (χ4n) is 2.94. The number of rotatable bonds is 3. The van der Waals surface area contributed by atoms with Crippen LogP contribution in [0, 0.1) is 17.5 Å². The maximum atomic E-state index is 13.0. The molecule has 142 valence electrons. The van der Waals surface area contributed by atoms with E-state index in [-0.39, 0.29) is 5.82 Å². The number of hydrogen-bond donors (Lipinski definition) is 2. The van der Waals surface area contributed by atoms with Crippen LogP contribution in [0.15, 0.2) is 36.4 Å². The molecule has 1 fully saturated rings. The van der Waals surface area contributed by atoms with E-state index in [1.54, 1.807) is 12.1 Å². The molecular weight excluding hydrogens is 375 g/mol. The minimum atomic E-state index is -1.10. The summed E-state index contributed by atoms with van der Waals surface area (Å²) in [5, 5.41) is 4.36. The standard InChI is InChI=1S/C12H13FN2S.C7H5F2NO/c13-8-5-6-10-11(7-8)16-12(15-10)14-9-3-1-2-4-9;8-4-2-1-3-5(9)6(4)7(10)11/h5-7,9H,1-4H2,(H,14,15);1-3H,(H2,10,11). The van der Waals surface area contributed by atoms with E-state index in [4.69, 9.17) is 5.73 Å². The van der Waals surface area contributed by atoms with Crippen molar-refractivity contribution < 1.29 is 18.0 Å². The number of nitrogens with two attached hydrogens (primary N) is 1. The van der Waals surface area contributed by atoms with Gasteiger partial charge in [-0.2, -0.15) is 0 Å². The molecule has 1 saturated carbocycles. The van der Waals surface area contributed by atoms with Gasteiger partial charge in [-0.15, -0.1) is 0 Å². The number of primary amides is 1. The minimum absolute atomic E-state index is 0.191. The van der Waals surface area contributed by atoms with Crippen LogP contribution in [0.1, 0.15) is 36.0 Å². The number of hydrogen-bond acceptors (Lipinski definition) is 4. The highest BCUT2D eigenvalue weighted by atomic mass is 32.1. The highest BCUT2D eigenvalue weighted by Gasteiger charge is 2.16. The van der Waals surface area contributed by atoms with E-state index in [1.807, 2.05) is 0 Å². The molecule has 2 aromatic carbocycles. The maximum absolute atomic E-state index is 13.0. The predicted molar refractivity (Wildman–Crippen MR) is 100 cm³/mol. The molecule has 0 unspecified atom stereocenters. The Morgan fingerprint density at radius 1 is 1.11 bits per heavy atom. The first-order chi connectivity index (χ1) is 12.9. The fraction of sp³-hybridized carbons (Fsp3) is 0.263. The number of benzene rings is 2. The van der Waals surface area contributed by atoms with Gasteiger partial charge in [0.15, 0.2) is 5.13 Å². The quantitative estimate of drug-likeness (QED) is 0.668. The molecule has 1 amide bonds. The molecule has 4 nitrogen and oxygen atoms in total. The third-order valence-electron chi connectivity index (χ3n) is 4.24. The lowest BCUT2D eigenvalue weighted by Crippen LogP contribution is -2.15. The largest absolute Gasteiger partial charge is 0.365 e. The Balaban J connectivity index is 0.000000168. The molecule has 0 saturated heterocycles. The number of carbonyl (C=O) groups is 1. The highest BCUT2D eigenvalue weighted by Crippen LogP contribution is 2.29. The van der Waals surface area contributed by atoms with E-state index in [9.17, 15) is 18.0 Å². The van der Waals surface area contributed by atoms with Crippen molar-refractivity contribution >= 4 is 32.6 Å².